The molecule has 1 saturated heterocycles. The van der Waals surface area contributed by atoms with Gasteiger partial charge in [-0.2, -0.15) is 11.8 Å². The molecule has 1 atom stereocenters. The summed E-state index contributed by atoms with van der Waals surface area (Å²) in [4.78, 5) is 2.49. The van der Waals surface area contributed by atoms with E-state index in [1.807, 2.05) is 11.8 Å². The molecule has 3 heteroatoms. The van der Waals surface area contributed by atoms with Gasteiger partial charge >= 0.3 is 0 Å². The first kappa shape index (κ1) is 11.3. The first-order valence-electron chi connectivity index (χ1n) is 5.27. The molecule has 1 heterocycles. The lowest BCUT2D eigenvalue weighted by Crippen LogP contribution is -2.38. The fourth-order valence-electron chi connectivity index (χ4n) is 1.84. The molecule has 0 aliphatic carbocycles. The Morgan fingerprint density at radius 1 is 1.54 bits per heavy atom. The van der Waals surface area contributed by atoms with Gasteiger partial charge in [0, 0.05) is 25.4 Å². The average Bonchev–Trinajstić information content (AvgIpc) is 2.19. The SMILES string of the molecule is CCSCCN1CCCC(CO)C1. The van der Waals surface area contributed by atoms with Gasteiger partial charge in [-0.1, -0.05) is 6.92 Å². The van der Waals surface area contributed by atoms with Crippen molar-refractivity contribution in [2.24, 2.45) is 5.92 Å². The molecule has 0 amide bonds. The van der Waals surface area contributed by atoms with Crippen LogP contribution in [0.25, 0.3) is 0 Å². The second-order valence-electron chi connectivity index (χ2n) is 3.69. The van der Waals surface area contributed by atoms with Crippen molar-refractivity contribution in [3.8, 4) is 0 Å². The Balaban J connectivity index is 2.11. The summed E-state index contributed by atoms with van der Waals surface area (Å²) in [6.45, 7) is 6.13. The average molecular weight is 203 g/mol. The smallest absolute Gasteiger partial charge is 0.0471 e. The van der Waals surface area contributed by atoms with Crippen molar-refractivity contribution in [2.75, 3.05) is 37.7 Å². The predicted molar refractivity (Wildman–Crippen MR) is 59.2 cm³/mol. The Morgan fingerprint density at radius 2 is 2.38 bits per heavy atom. The number of rotatable bonds is 5. The van der Waals surface area contributed by atoms with Crippen molar-refractivity contribution in [1.29, 1.82) is 0 Å². The summed E-state index contributed by atoms with van der Waals surface area (Å²) in [5.41, 5.74) is 0. The molecule has 13 heavy (non-hydrogen) atoms. The maximum absolute atomic E-state index is 9.05. The van der Waals surface area contributed by atoms with Gasteiger partial charge in [0.15, 0.2) is 0 Å². The van der Waals surface area contributed by atoms with E-state index in [1.54, 1.807) is 0 Å². The lowest BCUT2D eigenvalue weighted by Gasteiger charge is -2.31. The first-order chi connectivity index (χ1) is 6.36. The number of hydrogen-bond donors (Lipinski definition) is 1. The van der Waals surface area contributed by atoms with Crippen LogP contribution in [0, 0.1) is 5.92 Å². The molecule has 0 aromatic carbocycles. The van der Waals surface area contributed by atoms with E-state index in [2.05, 4.69) is 11.8 Å². The molecule has 1 unspecified atom stereocenters. The number of nitrogens with zero attached hydrogens (tertiary/aromatic N) is 1. The molecule has 1 N–H and O–H groups in total. The zero-order valence-corrected chi connectivity index (χ0v) is 9.35. The Hall–Kier alpha value is 0.270. The van der Waals surface area contributed by atoms with Crippen LogP contribution in [-0.2, 0) is 0 Å². The van der Waals surface area contributed by atoms with Crippen LogP contribution in [0.1, 0.15) is 19.8 Å². The summed E-state index contributed by atoms with van der Waals surface area (Å²) in [7, 11) is 0. The van der Waals surface area contributed by atoms with Gasteiger partial charge in [0.25, 0.3) is 0 Å². The minimum Gasteiger partial charge on any atom is -0.396 e. The number of likely N-dealkylation sites (tertiary alicyclic amines) is 1. The third-order valence-electron chi connectivity index (χ3n) is 2.62. The van der Waals surface area contributed by atoms with Crippen LogP contribution in [0.15, 0.2) is 0 Å². The summed E-state index contributed by atoms with van der Waals surface area (Å²) in [5, 5.41) is 9.05. The Bertz CT molecular complexity index is 132. The summed E-state index contributed by atoms with van der Waals surface area (Å²) >= 11 is 2.01. The summed E-state index contributed by atoms with van der Waals surface area (Å²) < 4.78 is 0. The minimum absolute atomic E-state index is 0.372. The quantitative estimate of drug-likeness (QED) is 0.684. The largest absolute Gasteiger partial charge is 0.396 e. The molecule has 0 spiro atoms. The van der Waals surface area contributed by atoms with Crippen molar-refractivity contribution >= 4 is 11.8 Å². The zero-order valence-electron chi connectivity index (χ0n) is 8.54. The molecule has 1 fully saturated rings. The van der Waals surface area contributed by atoms with Gasteiger partial charge in [0.1, 0.15) is 0 Å². The molecular formula is C10H21NOS. The maximum Gasteiger partial charge on any atom is 0.0471 e. The number of aliphatic hydroxyl groups excluding tert-OH is 1. The van der Waals surface area contributed by atoms with Crippen molar-refractivity contribution in [2.45, 2.75) is 19.8 Å². The molecule has 2 nitrogen and oxygen atoms in total. The number of aliphatic hydroxyl groups is 1. The summed E-state index contributed by atoms with van der Waals surface area (Å²) in [6, 6.07) is 0. The number of hydrogen-bond acceptors (Lipinski definition) is 3. The van der Waals surface area contributed by atoms with Gasteiger partial charge in [0.2, 0.25) is 0 Å². The molecule has 78 valence electrons. The molecule has 1 aliphatic rings. The van der Waals surface area contributed by atoms with Crippen LogP contribution in [0.4, 0.5) is 0 Å². The highest BCUT2D eigenvalue weighted by Gasteiger charge is 2.18. The van der Waals surface area contributed by atoms with Gasteiger partial charge < -0.3 is 10.0 Å². The third-order valence-corrected chi connectivity index (χ3v) is 3.50. The molecule has 0 aromatic rings. The van der Waals surface area contributed by atoms with Crippen LogP contribution < -0.4 is 0 Å². The normalized spacial score (nSPS) is 24.9. The van der Waals surface area contributed by atoms with Crippen molar-refractivity contribution < 1.29 is 5.11 Å². The molecule has 0 bridgehead atoms. The Morgan fingerprint density at radius 3 is 3.08 bits per heavy atom. The van der Waals surface area contributed by atoms with Crippen LogP contribution in [0.5, 0.6) is 0 Å². The monoisotopic (exact) mass is 203 g/mol. The lowest BCUT2D eigenvalue weighted by molar-refractivity contribution is 0.125. The van der Waals surface area contributed by atoms with Crippen LogP contribution >= 0.6 is 11.8 Å². The second-order valence-corrected chi connectivity index (χ2v) is 5.08. The van der Waals surface area contributed by atoms with Crippen molar-refractivity contribution in [1.82, 2.24) is 4.90 Å². The Labute approximate surface area is 85.7 Å². The maximum atomic E-state index is 9.05. The summed E-state index contributed by atoms with van der Waals surface area (Å²) in [5.74, 6) is 3.01. The van der Waals surface area contributed by atoms with Gasteiger partial charge in [-0.05, 0) is 31.1 Å². The summed E-state index contributed by atoms with van der Waals surface area (Å²) in [6.07, 6.45) is 2.48. The first-order valence-corrected chi connectivity index (χ1v) is 6.43. The number of thioether (sulfide) groups is 1. The standard InChI is InChI=1S/C10H21NOS/c1-2-13-7-6-11-5-3-4-10(8-11)9-12/h10,12H,2-9H2,1H3. The molecule has 0 saturated carbocycles. The van der Waals surface area contributed by atoms with Gasteiger partial charge in [-0.3, -0.25) is 0 Å². The fraction of sp³-hybridized carbons (Fsp3) is 1.00. The molecular weight excluding hydrogens is 182 g/mol. The van der Waals surface area contributed by atoms with Crippen LogP contribution in [-0.4, -0.2) is 47.8 Å². The fourth-order valence-corrected chi connectivity index (χ4v) is 2.52. The molecule has 1 aliphatic heterocycles. The predicted octanol–water partition coefficient (Wildman–Crippen LogP) is 1.44. The van der Waals surface area contributed by atoms with E-state index in [-0.39, 0.29) is 0 Å². The van der Waals surface area contributed by atoms with E-state index in [0.29, 0.717) is 12.5 Å². The Kier molecular flexibility index (Phi) is 5.83. The van der Waals surface area contributed by atoms with Gasteiger partial charge in [-0.25, -0.2) is 0 Å². The van der Waals surface area contributed by atoms with Gasteiger partial charge in [-0.15, -0.1) is 0 Å². The third kappa shape index (κ3) is 4.34. The van der Waals surface area contributed by atoms with E-state index >= 15 is 0 Å². The highest BCUT2D eigenvalue weighted by Crippen LogP contribution is 2.15. The molecule has 0 radical (unpaired) electrons. The lowest BCUT2D eigenvalue weighted by atomic mass is 9.99. The van der Waals surface area contributed by atoms with Crippen LogP contribution in [0.2, 0.25) is 0 Å². The second kappa shape index (κ2) is 6.68. The molecule has 1 rings (SSSR count). The number of piperidine rings is 1. The van der Waals surface area contributed by atoms with Gasteiger partial charge in [0.05, 0.1) is 0 Å². The van der Waals surface area contributed by atoms with E-state index in [1.165, 1.54) is 37.4 Å². The van der Waals surface area contributed by atoms with E-state index < -0.39 is 0 Å². The van der Waals surface area contributed by atoms with Crippen molar-refractivity contribution in [3.63, 3.8) is 0 Å². The highest BCUT2D eigenvalue weighted by atomic mass is 32.2. The minimum atomic E-state index is 0.372. The van der Waals surface area contributed by atoms with Crippen molar-refractivity contribution in [3.05, 3.63) is 0 Å². The van der Waals surface area contributed by atoms with E-state index in [4.69, 9.17) is 5.11 Å². The van der Waals surface area contributed by atoms with E-state index in [9.17, 15) is 0 Å². The highest BCUT2D eigenvalue weighted by molar-refractivity contribution is 7.99. The zero-order chi connectivity index (χ0) is 9.52. The topological polar surface area (TPSA) is 23.5 Å². The molecule has 0 aromatic heterocycles. The van der Waals surface area contributed by atoms with E-state index in [0.717, 1.165) is 6.54 Å². The van der Waals surface area contributed by atoms with Crippen LogP contribution in [0.3, 0.4) is 0 Å².